The summed E-state index contributed by atoms with van der Waals surface area (Å²) < 4.78 is 11.5. The van der Waals surface area contributed by atoms with Gasteiger partial charge in [-0.3, -0.25) is 0 Å². The summed E-state index contributed by atoms with van der Waals surface area (Å²) in [5.41, 5.74) is 0.202. The van der Waals surface area contributed by atoms with E-state index in [1.54, 1.807) is 14.2 Å². The van der Waals surface area contributed by atoms with Gasteiger partial charge in [0.05, 0.1) is 13.2 Å². The summed E-state index contributed by atoms with van der Waals surface area (Å²) in [5.74, 6) is 0. The average molecular weight is 342 g/mol. The highest BCUT2D eigenvalue weighted by molar-refractivity contribution is 14.1. The lowest BCUT2D eigenvalue weighted by molar-refractivity contribution is 0.00393. The number of hydrogen-bond donors (Lipinski definition) is 0. The molecule has 1 atom stereocenters. The van der Waals surface area contributed by atoms with Crippen LogP contribution in [0.1, 0.15) is 46.0 Å². The van der Waals surface area contributed by atoms with Crippen molar-refractivity contribution in [3.63, 3.8) is 0 Å². The van der Waals surface area contributed by atoms with E-state index in [9.17, 15) is 0 Å². The standard InChI is InChI=1S/C13H27IO2/c1-5-7-8-12(14)13(9-6-2,10-15-3)11-16-4/h12H,5-11H2,1-4H3. The molecule has 0 aliphatic carbocycles. The fourth-order valence-electron chi connectivity index (χ4n) is 2.29. The van der Waals surface area contributed by atoms with Crippen molar-refractivity contribution in [1.82, 2.24) is 0 Å². The number of methoxy groups -OCH3 is 2. The number of unbranched alkanes of at least 4 members (excludes halogenated alkanes) is 1. The molecular formula is C13H27IO2. The van der Waals surface area contributed by atoms with Gasteiger partial charge in [-0.2, -0.15) is 0 Å². The SMILES string of the molecule is CCCCC(I)C(CCC)(COC)COC. The van der Waals surface area contributed by atoms with Gasteiger partial charge < -0.3 is 9.47 Å². The Hall–Kier alpha value is 0.650. The van der Waals surface area contributed by atoms with Gasteiger partial charge in [0, 0.05) is 23.6 Å². The molecule has 0 bridgehead atoms. The Labute approximate surface area is 115 Å². The highest BCUT2D eigenvalue weighted by atomic mass is 127. The number of rotatable bonds is 10. The minimum atomic E-state index is 0.202. The maximum absolute atomic E-state index is 5.43. The lowest BCUT2D eigenvalue weighted by Crippen LogP contribution is -2.40. The van der Waals surface area contributed by atoms with Crippen molar-refractivity contribution < 1.29 is 9.47 Å². The van der Waals surface area contributed by atoms with Gasteiger partial charge in [0.1, 0.15) is 0 Å². The van der Waals surface area contributed by atoms with Crippen molar-refractivity contribution in [2.45, 2.75) is 49.9 Å². The Morgan fingerprint density at radius 3 is 2.00 bits per heavy atom. The molecule has 0 aromatic rings. The van der Waals surface area contributed by atoms with Gasteiger partial charge in [0.2, 0.25) is 0 Å². The molecule has 16 heavy (non-hydrogen) atoms. The molecule has 0 radical (unpaired) electrons. The maximum Gasteiger partial charge on any atom is 0.0550 e. The molecule has 0 aliphatic rings. The monoisotopic (exact) mass is 342 g/mol. The first-order chi connectivity index (χ1) is 7.66. The molecule has 0 fully saturated rings. The van der Waals surface area contributed by atoms with Crippen LogP contribution in [0.25, 0.3) is 0 Å². The number of hydrogen-bond acceptors (Lipinski definition) is 2. The predicted molar refractivity (Wildman–Crippen MR) is 78.4 cm³/mol. The third kappa shape index (κ3) is 5.32. The van der Waals surface area contributed by atoms with E-state index in [2.05, 4.69) is 36.4 Å². The van der Waals surface area contributed by atoms with Crippen LogP contribution in [-0.2, 0) is 9.47 Å². The Morgan fingerprint density at radius 1 is 1.06 bits per heavy atom. The molecule has 1 unspecified atom stereocenters. The third-order valence-electron chi connectivity index (χ3n) is 3.09. The molecule has 0 aromatic carbocycles. The minimum Gasteiger partial charge on any atom is -0.384 e. The highest BCUT2D eigenvalue weighted by Crippen LogP contribution is 2.37. The number of alkyl halides is 1. The van der Waals surface area contributed by atoms with Gasteiger partial charge in [0.15, 0.2) is 0 Å². The normalized spacial score (nSPS) is 14.1. The van der Waals surface area contributed by atoms with Gasteiger partial charge in [-0.25, -0.2) is 0 Å². The molecule has 3 heteroatoms. The molecular weight excluding hydrogens is 315 g/mol. The van der Waals surface area contributed by atoms with Gasteiger partial charge >= 0.3 is 0 Å². The summed E-state index contributed by atoms with van der Waals surface area (Å²) in [6.45, 7) is 6.11. The second kappa shape index (κ2) is 9.66. The third-order valence-corrected chi connectivity index (χ3v) is 5.03. The van der Waals surface area contributed by atoms with Crippen LogP contribution in [0.5, 0.6) is 0 Å². The van der Waals surface area contributed by atoms with Gasteiger partial charge in [-0.1, -0.05) is 55.7 Å². The first-order valence-electron chi connectivity index (χ1n) is 6.28. The van der Waals surface area contributed by atoms with E-state index in [-0.39, 0.29) is 5.41 Å². The Morgan fingerprint density at radius 2 is 1.62 bits per heavy atom. The number of halogens is 1. The summed E-state index contributed by atoms with van der Waals surface area (Å²) in [7, 11) is 3.59. The zero-order chi connectivity index (χ0) is 12.4. The van der Waals surface area contributed by atoms with E-state index >= 15 is 0 Å². The lowest BCUT2D eigenvalue weighted by atomic mass is 9.80. The van der Waals surface area contributed by atoms with Crippen LogP contribution in [0, 0.1) is 5.41 Å². The highest BCUT2D eigenvalue weighted by Gasteiger charge is 2.36. The summed E-state index contributed by atoms with van der Waals surface area (Å²) >= 11 is 2.59. The van der Waals surface area contributed by atoms with Crippen molar-refractivity contribution in [1.29, 1.82) is 0 Å². The van der Waals surface area contributed by atoms with Crippen molar-refractivity contribution in [2.24, 2.45) is 5.41 Å². The molecule has 98 valence electrons. The van der Waals surface area contributed by atoms with Crippen molar-refractivity contribution in [3.05, 3.63) is 0 Å². The molecule has 2 nitrogen and oxygen atoms in total. The van der Waals surface area contributed by atoms with E-state index in [0.29, 0.717) is 3.92 Å². The Kier molecular flexibility index (Phi) is 10.0. The summed E-state index contributed by atoms with van der Waals surface area (Å²) in [6.07, 6.45) is 6.21. The van der Waals surface area contributed by atoms with Crippen LogP contribution in [0.3, 0.4) is 0 Å². The molecule has 0 amide bonds. The van der Waals surface area contributed by atoms with E-state index in [1.165, 1.54) is 32.1 Å². The van der Waals surface area contributed by atoms with Crippen molar-refractivity contribution >= 4 is 22.6 Å². The maximum atomic E-state index is 5.43. The van der Waals surface area contributed by atoms with E-state index in [0.717, 1.165) is 13.2 Å². The van der Waals surface area contributed by atoms with Crippen molar-refractivity contribution in [2.75, 3.05) is 27.4 Å². The molecule has 0 N–H and O–H groups in total. The average Bonchev–Trinajstić information content (AvgIpc) is 2.26. The lowest BCUT2D eigenvalue weighted by Gasteiger charge is -2.37. The Balaban J connectivity index is 4.54. The van der Waals surface area contributed by atoms with Gasteiger partial charge in [-0.15, -0.1) is 0 Å². The smallest absolute Gasteiger partial charge is 0.0550 e. The van der Waals surface area contributed by atoms with E-state index < -0.39 is 0 Å². The van der Waals surface area contributed by atoms with Crippen molar-refractivity contribution in [3.8, 4) is 0 Å². The van der Waals surface area contributed by atoms with Gasteiger partial charge in [-0.05, 0) is 12.8 Å². The topological polar surface area (TPSA) is 18.5 Å². The molecule has 0 rings (SSSR count). The summed E-state index contributed by atoms with van der Waals surface area (Å²) in [6, 6.07) is 0. The van der Waals surface area contributed by atoms with Crippen LogP contribution < -0.4 is 0 Å². The van der Waals surface area contributed by atoms with Crippen LogP contribution in [0.4, 0.5) is 0 Å². The van der Waals surface area contributed by atoms with Crippen LogP contribution in [-0.4, -0.2) is 31.4 Å². The van der Waals surface area contributed by atoms with Crippen LogP contribution in [0.2, 0.25) is 0 Å². The zero-order valence-corrected chi connectivity index (χ0v) is 13.4. The van der Waals surface area contributed by atoms with E-state index in [1.807, 2.05) is 0 Å². The summed E-state index contributed by atoms with van der Waals surface area (Å²) in [5, 5.41) is 0. The first kappa shape index (κ1) is 16.6. The predicted octanol–water partition coefficient (Wildman–Crippen LogP) is 4.06. The largest absolute Gasteiger partial charge is 0.384 e. The second-order valence-corrected chi connectivity index (χ2v) is 6.09. The summed E-state index contributed by atoms with van der Waals surface area (Å²) in [4.78, 5) is 0. The van der Waals surface area contributed by atoms with Crippen LogP contribution >= 0.6 is 22.6 Å². The molecule has 0 heterocycles. The van der Waals surface area contributed by atoms with E-state index in [4.69, 9.17) is 9.47 Å². The fraction of sp³-hybridized carbons (Fsp3) is 1.00. The van der Waals surface area contributed by atoms with Gasteiger partial charge in [0.25, 0.3) is 0 Å². The first-order valence-corrected chi connectivity index (χ1v) is 7.53. The molecule has 0 saturated heterocycles. The second-order valence-electron chi connectivity index (χ2n) is 4.59. The minimum absolute atomic E-state index is 0.202. The zero-order valence-electron chi connectivity index (χ0n) is 11.2. The molecule has 0 aliphatic heterocycles. The molecule has 0 aromatic heterocycles. The molecule has 0 saturated carbocycles. The quantitative estimate of drug-likeness (QED) is 0.440. The Bertz CT molecular complexity index is 145. The van der Waals surface area contributed by atoms with Crippen LogP contribution in [0.15, 0.2) is 0 Å². The number of ether oxygens (including phenoxy) is 2. The fourth-order valence-corrected chi connectivity index (χ4v) is 3.40. The molecule has 0 spiro atoms.